The molecule has 10 heterocycles. The molecule has 21 heteroatoms. The summed E-state index contributed by atoms with van der Waals surface area (Å²) in [7, 11) is 0. The number of nitrogen functional groups attached to an aromatic ring is 2. The van der Waals surface area contributed by atoms with E-state index >= 15 is 0 Å². The van der Waals surface area contributed by atoms with Crippen LogP contribution in [0.1, 0.15) is 45.2 Å². The summed E-state index contributed by atoms with van der Waals surface area (Å²) >= 11 is 0. The normalized spacial score (nSPS) is 15.8. The van der Waals surface area contributed by atoms with E-state index in [9.17, 15) is 14.7 Å². The van der Waals surface area contributed by atoms with E-state index in [1.807, 2.05) is 41.0 Å². The fourth-order valence-electron chi connectivity index (χ4n) is 6.92. The topological polar surface area (TPSA) is 301 Å². The number of hydrogen-bond donors (Lipinski definition) is 5. The SMILES string of the molecule is Cc1cnc2ccc(-c3nc(C(=O)NC[C@@H]4CCOC4)c(N)nc3-c3ncco3)cn12.Cc1cnc2ccc(-c3nc(C(=O)O)c(N)nc3-c3ncco3)cn12.NC[C@@H]1CCOC1. The molecule has 10 rings (SSSR count). The lowest BCUT2D eigenvalue weighted by Crippen LogP contribution is -2.31. The maximum atomic E-state index is 12.8. The highest BCUT2D eigenvalue weighted by atomic mass is 16.5. The summed E-state index contributed by atoms with van der Waals surface area (Å²) in [6.45, 7) is 8.32. The first kappa shape index (κ1) is 42.1. The molecule has 2 aliphatic heterocycles. The van der Waals surface area contributed by atoms with Crippen LogP contribution in [0.15, 0.2) is 82.8 Å². The Morgan fingerprint density at radius 2 is 1.22 bits per heavy atom. The second-order valence-electron chi connectivity index (χ2n) is 14.8. The maximum absolute atomic E-state index is 12.8. The minimum atomic E-state index is -1.26. The number of pyridine rings is 2. The molecule has 0 aliphatic carbocycles. The molecule has 1 amide bonds. The number of carbonyl (C=O) groups is 2. The van der Waals surface area contributed by atoms with E-state index in [1.165, 1.54) is 24.9 Å². The number of ether oxygens (including phenoxy) is 2. The molecule has 2 atom stereocenters. The summed E-state index contributed by atoms with van der Waals surface area (Å²) in [5.41, 5.74) is 23.2. The molecule has 0 bridgehead atoms. The zero-order chi connectivity index (χ0) is 44.0. The molecule has 0 aromatic carbocycles. The number of nitrogens with zero attached hydrogens (tertiary/aromatic N) is 10. The van der Waals surface area contributed by atoms with Crippen LogP contribution < -0.4 is 22.5 Å². The molecule has 8 aromatic heterocycles. The van der Waals surface area contributed by atoms with Crippen molar-refractivity contribution in [2.45, 2.75) is 26.7 Å². The van der Waals surface area contributed by atoms with Gasteiger partial charge in [-0.25, -0.2) is 44.7 Å². The maximum Gasteiger partial charge on any atom is 0.358 e. The number of hydrogen-bond acceptors (Lipinski definition) is 17. The molecule has 2 aliphatic rings. The van der Waals surface area contributed by atoms with Crippen molar-refractivity contribution >= 4 is 34.8 Å². The number of imidazole rings is 2. The van der Waals surface area contributed by atoms with Gasteiger partial charge in [0.05, 0.1) is 25.6 Å². The van der Waals surface area contributed by atoms with Crippen molar-refractivity contribution in [1.82, 2.24) is 54.0 Å². The average molecular weight is 857 g/mol. The molecule has 0 spiro atoms. The van der Waals surface area contributed by atoms with Crippen LogP contribution in [0.3, 0.4) is 0 Å². The van der Waals surface area contributed by atoms with Crippen molar-refractivity contribution in [2.24, 2.45) is 17.6 Å². The molecule has 2 saturated heterocycles. The number of rotatable bonds is 9. The quantitative estimate of drug-likeness (QED) is 0.136. The van der Waals surface area contributed by atoms with Gasteiger partial charge in [0, 0.05) is 73.0 Å². The summed E-state index contributed by atoms with van der Waals surface area (Å²) < 4.78 is 25.0. The van der Waals surface area contributed by atoms with Gasteiger partial charge in [-0.3, -0.25) is 4.79 Å². The molecule has 324 valence electrons. The monoisotopic (exact) mass is 856 g/mol. The zero-order valence-corrected chi connectivity index (χ0v) is 34.3. The largest absolute Gasteiger partial charge is 0.476 e. The van der Waals surface area contributed by atoms with Crippen LogP contribution in [-0.4, -0.2) is 105 Å². The van der Waals surface area contributed by atoms with Gasteiger partial charge in [-0.05, 0) is 63.4 Å². The van der Waals surface area contributed by atoms with Gasteiger partial charge in [-0.15, -0.1) is 0 Å². The van der Waals surface area contributed by atoms with E-state index in [-0.39, 0.29) is 52.3 Å². The summed E-state index contributed by atoms with van der Waals surface area (Å²) in [5, 5.41) is 12.2. The molecular weight excluding hydrogens is 813 g/mol. The standard InChI is InChI=1S/C21H21N7O3.C16H12N6O3.C5H11NO/c1-12-8-24-15-3-2-14(10-28(12)15)16-17(21-23-5-7-31-21)27-19(22)18(26-16)20(29)25-9-13-4-6-30-11-13;1-8-6-19-10-3-2-9(7-22(8)10)11-12(15-18-4-5-25-15)21-14(17)13(20-11)16(23)24;6-3-5-1-2-7-4-5/h2-3,5,7-8,10,13H,4,6,9,11H2,1H3,(H2,22,27)(H,25,29);2-7H,1H3,(H2,17,21)(H,23,24);5H,1-4,6H2/t13-;;5-/m0.0/s1. The molecule has 0 saturated carbocycles. The highest BCUT2D eigenvalue weighted by Crippen LogP contribution is 2.32. The van der Waals surface area contributed by atoms with Gasteiger partial charge in [0.15, 0.2) is 34.4 Å². The Bertz CT molecular complexity index is 2860. The number of fused-ring (bicyclic) bond motifs is 2. The number of nitrogens with one attached hydrogen (secondary N) is 1. The van der Waals surface area contributed by atoms with Gasteiger partial charge < -0.3 is 54.7 Å². The third kappa shape index (κ3) is 9.20. The summed E-state index contributed by atoms with van der Waals surface area (Å²) in [4.78, 5) is 58.5. The average Bonchev–Trinajstić information content (AvgIpc) is 4.16. The van der Waals surface area contributed by atoms with Gasteiger partial charge in [0.1, 0.15) is 35.2 Å². The number of aromatic nitrogens is 10. The number of amides is 1. The van der Waals surface area contributed by atoms with Crippen molar-refractivity contribution in [3.05, 3.63) is 96.7 Å². The van der Waals surface area contributed by atoms with E-state index in [4.69, 9.17) is 35.5 Å². The van der Waals surface area contributed by atoms with Gasteiger partial charge in [-0.1, -0.05) is 0 Å². The molecule has 8 aromatic rings. The van der Waals surface area contributed by atoms with Crippen LogP contribution in [0, 0.1) is 25.7 Å². The van der Waals surface area contributed by atoms with E-state index in [2.05, 4.69) is 45.2 Å². The van der Waals surface area contributed by atoms with Crippen molar-refractivity contribution in [3.63, 3.8) is 0 Å². The second kappa shape index (κ2) is 18.6. The first-order chi connectivity index (χ1) is 30.6. The number of aromatic carboxylic acids is 1. The Labute approximate surface area is 358 Å². The Hall–Kier alpha value is -7.62. The zero-order valence-electron chi connectivity index (χ0n) is 34.3. The number of oxazole rings is 2. The summed E-state index contributed by atoms with van der Waals surface area (Å²) in [6, 6.07) is 7.33. The Morgan fingerprint density at radius 1 is 0.714 bits per heavy atom. The molecule has 0 unspecified atom stereocenters. The fraction of sp³-hybridized carbons (Fsp3) is 0.286. The van der Waals surface area contributed by atoms with Crippen LogP contribution in [0.2, 0.25) is 0 Å². The summed E-state index contributed by atoms with van der Waals surface area (Å²) in [5.74, 6) is -0.417. The highest BCUT2D eigenvalue weighted by Gasteiger charge is 2.25. The van der Waals surface area contributed by atoms with Crippen molar-refractivity contribution in [3.8, 4) is 45.7 Å². The predicted octanol–water partition coefficient (Wildman–Crippen LogP) is 4.12. The number of anilines is 2. The molecule has 0 radical (unpaired) electrons. The Kier molecular flexibility index (Phi) is 12.4. The van der Waals surface area contributed by atoms with Crippen molar-refractivity contribution < 1.29 is 33.0 Å². The summed E-state index contributed by atoms with van der Waals surface area (Å²) in [6.07, 6.45) is 15.1. The number of carboxylic acids is 1. The van der Waals surface area contributed by atoms with E-state index in [1.54, 1.807) is 30.7 Å². The first-order valence-electron chi connectivity index (χ1n) is 20.0. The second-order valence-corrected chi connectivity index (χ2v) is 14.8. The van der Waals surface area contributed by atoms with Gasteiger partial charge >= 0.3 is 5.97 Å². The van der Waals surface area contributed by atoms with E-state index < -0.39 is 5.97 Å². The molecule has 63 heavy (non-hydrogen) atoms. The lowest BCUT2D eigenvalue weighted by atomic mass is 10.1. The fourth-order valence-corrected chi connectivity index (χ4v) is 6.92. The highest BCUT2D eigenvalue weighted by molar-refractivity contribution is 5.98. The minimum Gasteiger partial charge on any atom is -0.476 e. The molecule has 8 N–H and O–H groups in total. The van der Waals surface area contributed by atoms with Crippen LogP contribution in [0.4, 0.5) is 11.6 Å². The number of carboxylic acid groups (broad SMARTS) is 1. The van der Waals surface area contributed by atoms with E-state index in [0.717, 1.165) is 60.8 Å². The van der Waals surface area contributed by atoms with Gasteiger partial charge in [0.2, 0.25) is 11.8 Å². The number of carbonyl (C=O) groups excluding carboxylic acids is 1. The third-order valence-electron chi connectivity index (χ3n) is 10.4. The first-order valence-corrected chi connectivity index (χ1v) is 20.0. The molecule has 2 fully saturated rings. The number of aryl methyl sites for hydroxylation is 2. The van der Waals surface area contributed by atoms with Crippen LogP contribution in [0.5, 0.6) is 0 Å². The van der Waals surface area contributed by atoms with Crippen molar-refractivity contribution in [2.75, 3.05) is 51.0 Å². The van der Waals surface area contributed by atoms with E-state index in [0.29, 0.717) is 48.3 Å². The van der Waals surface area contributed by atoms with Crippen LogP contribution >= 0.6 is 0 Å². The van der Waals surface area contributed by atoms with Gasteiger partial charge in [0.25, 0.3) is 5.91 Å². The lowest BCUT2D eigenvalue weighted by Gasteiger charge is -2.13. The molecular formula is C42H44N14O7. The van der Waals surface area contributed by atoms with Crippen LogP contribution in [-0.2, 0) is 9.47 Å². The smallest absolute Gasteiger partial charge is 0.358 e. The third-order valence-corrected chi connectivity index (χ3v) is 10.4. The lowest BCUT2D eigenvalue weighted by molar-refractivity contribution is 0.0691. The van der Waals surface area contributed by atoms with Crippen LogP contribution in [0.25, 0.3) is 57.0 Å². The Balaban J connectivity index is 0.000000152. The number of nitrogens with two attached hydrogens (primary N) is 3. The predicted molar refractivity (Wildman–Crippen MR) is 228 cm³/mol. The van der Waals surface area contributed by atoms with Gasteiger partial charge in [-0.2, -0.15) is 0 Å². The van der Waals surface area contributed by atoms with Crippen molar-refractivity contribution in [1.29, 1.82) is 0 Å². The minimum absolute atomic E-state index is 0.0111. The Morgan fingerprint density at radius 3 is 1.67 bits per heavy atom. The molecule has 21 nitrogen and oxygen atoms in total.